The lowest BCUT2D eigenvalue weighted by atomic mass is 9.79. The monoisotopic (exact) mass is 657 g/mol. The fourth-order valence-corrected chi connectivity index (χ4v) is 7.75. The van der Waals surface area contributed by atoms with Gasteiger partial charge in [-0.05, 0) is 80.8 Å². The molecule has 0 spiro atoms. The Hall–Kier alpha value is -3.86. The first-order chi connectivity index (χ1) is 22.5. The average Bonchev–Trinajstić information content (AvgIpc) is 3.89. The number of aldehydes is 1. The van der Waals surface area contributed by atoms with E-state index in [0.29, 0.717) is 19.5 Å². The van der Waals surface area contributed by atoms with Crippen LogP contribution < -0.4 is 9.80 Å². The van der Waals surface area contributed by atoms with Gasteiger partial charge in [0.05, 0.1) is 23.4 Å². The fraction of sp³-hybridized carbons (Fsp3) is 0.432. The number of hydrogen-bond donors (Lipinski definition) is 2. The number of benzene rings is 3. The summed E-state index contributed by atoms with van der Waals surface area (Å²) in [5, 5.41) is 19.3. The molecular weight excluding hydrogens is 614 g/mol. The lowest BCUT2D eigenvalue weighted by Crippen LogP contribution is -2.51. The molecule has 1 saturated carbocycles. The van der Waals surface area contributed by atoms with E-state index < -0.39 is 23.9 Å². The van der Waals surface area contributed by atoms with Gasteiger partial charge in [-0.25, -0.2) is 4.79 Å². The molecule has 2 heterocycles. The van der Waals surface area contributed by atoms with Crippen LogP contribution in [0.25, 0.3) is 11.1 Å². The Kier molecular flexibility index (Phi) is 9.64. The maximum atomic E-state index is 14.9. The first-order valence-electron chi connectivity index (χ1n) is 16.3. The second-order valence-corrected chi connectivity index (χ2v) is 15.0. The van der Waals surface area contributed by atoms with E-state index in [4.69, 9.17) is 4.74 Å². The highest BCUT2D eigenvalue weighted by Crippen LogP contribution is 2.44. The topological polar surface area (TPSA) is 111 Å². The van der Waals surface area contributed by atoms with Gasteiger partial charge in [-0.15, -0.1) is 11.8 Å². The predicted octanol–water partition coefficient (Wildman–Crippen LogP) is 5.68. The Labute approximate surface area is 280 Å². The van der Waals surface area contributed by atoms with Crippen molar-refractivity contribution in [2.24, 2.45) is 5.92 Å². The van der Waals surface area contributed by atoms with E-state index in [9.17, 15) is 24.6 Å². The zero-order chi connectivity index (χ0) is 33.3. The van der Waals surface area contributed by atoms with Crippen molar-refractivity contribution in [3.63, 3.8) is 0 Å². The smallest absolute Gasteiger partial charge is 0.410 e. The number of rotatable bonds is 8. The van der Waals surface area contributed by atoms with Crippen LogP contribution in [0, 0.1) is 5.92 Å². The summed E-state index contributed by atoms with van der Waals surface area (Å²) < 4.78 is 5.74. The van der Waals surface area contributed by atoms with E-state index >= 15 is 0 Å². The maximum Gasteiger partial charge on any atom is 0.410 e. The Morgan fingerprint density at radius 3 is 2.40 bits per heavy atom. The minimum Gasteiger partial charge on any atom is -0.444 e. The van der Waals surface area contributed by atoms with E-state index in [0.717, 1.165) is 52.1 Å². The molecule has 10 heteroatoms. The molecule has 3 aliphatic rings. The first kappa shape index (κ1) is 33.1. The van der Waals surface area contributed by atoms with Gasteiger partial charge < -0.3 is 34.4 Å². The van der Waals surface area contributed by atoms with Gasteiger partial charge in [0, 0.05) is 36.3 Å². The van der Waals surface area contributed by atoms with Gasteiger partial charge in [0.15, 0.2) is 6.29 Å². The fourth-order valence-electron chi connectivity index (χ4n) is 6.66. The number of fused-ring (bicyclic) bond motifs is 1. The molecule has 0 bridgehead atoms. The van der Waals surface area contributed by atoms with Crippen LogP contribution in [0.1, 0.15) is 51.5 Å². The molecule has 2 unspecified atom stereocenters. The summed E-state index contributed by atoms with van der Waals surface area (Å²) >= 11 is 1.44. The molecule has 2 aliphatic heterocycles. The minimum atomic E-state index is -1.57. The van der Waals surface area contributed by atoms with E-state index in [2.05, 4.69) is 30.3 Å². The molecule has 9 nitrogen and oxygen atoms in total. The van der Waals surface area contributed by atoms with Crippen LogP contribution in [-0.4, -0.2) is 82.8 Å². The highest BCUT2D eigenvalue weighted by molar-refractivity contribution is 8.00. The van der Waals surface area contributed by atoms with Crippen molar-refractivity contribution in [1.82, 2.24) is 4.90 Å². The molecular formula is C37H43N3O6S. The number of anilines is 2. The molecule has 1 aliphatic carbocycles. The number of amides is 2. The van der Waals surface area contributed by atoms with Crippen LogP contribution in [0.3, 0.4) is 0 Å². The number of ether oxygens (including phenoxy) is 1. The molecule has 0 aromatic heterocycles. The molecule has 2 fully saturated rings. The second-order valence-electron chi connectivity index (χ2n) is 13.7. The number of aliphatic hydroxyl groups is 2. The molecule has 3 aromatic rings. The number of β-amino-alcohol motifs (C(OH)–C–C–N with tert-alkyl or cyclic N) is 2. The van der Waals surface area contributed by atoms with Gasteiger partial charge in [0.2, 0.25) is 5.91 Å². The Bertz CT molecular complexity index is 1610. The highest BCUT2D eigenvalue weighted by Gasteiger charge is 2.44. The van der Waals surface area contributed by atoms with Crippen LogP contribution >= 0.6 is 11.8 Å². The van der Waals surface area contributed by atoms with Crippen LogP contribution in [0.5, 0.6) is 0 Å². The molecule has 2 amide bonds. The third-order valence-corrected chi connectivity index (χ3v) is 10.1. The number of aliphatic hydroxyl groups excluding tert-OH is 1. The summed E-state index contributed by atoms with van der Waals surface area (Å²) in [4.78, 5) is 46.1. The molecule has 2 N–H and O–H groups in total. The van der Waals surface area contributed by atoms with Crippen molar-refractivity contribution >= 4 is 41.4 Å². The third-order valence-electron chi connectivity index (χ3n) is 8.93. The largest absolute Gasteiger partial charge is 0.444 e. The normalized spacial score (nSPS) is 21.3. The van der Waals surface area contributed by atoms with Crippen LogP contribution in [0.4, 0.5) is 16.2 Å². The predicted molar refractivity (Wildman–Crippen MR) is 184 cm³/mol. The molecule has 1 saturated heterocycles. The van der Waals surface area contributed by atoms with Crippen molar-refractivity contribution in [2.45, 2.75) is 74.0 Å². The summed E-state index contributed by atoms with van der Waals surface area (Å²) in [5.74, 6) is -0.671. The Morgan fingerprint density at radius 1 is 0.979 bits per heavy atom. The number of carbonyl (C=O) groups excluding carboxylic acids is 3. The maximum absolute atomic E-state index is 14.9. The zero-order valence-corrected chi connectivity index (χ0v) is 27.9. The first-order valence-corrected chi connectivity index (χ1v) is 17.2. The number of thioether (sulfide) groups is 1. The van der Waals surface area contributed by atoms with Crippen LogP contribution in [0.2, 0.25) is 0 Å². The van der Waals surface area contributed by atoms with E-state index in [-0.39, 0.29) is 36.2 Å². The number of piperidine rings is 1. The lowest BCUT2D eigenvalue weighted by molar-refractivity contribution is -0.124. The molecule has 3 atom stereocenters. The molecule has 0 radical (unpaired) electrons. The number of hydrogen-bond acceptors (Lipinski definition) is 8. The van der Waals surface area contributed by atoms with E-state index in [1.165, 1.54) is 11.8 Å². The standard InChI is InChI=1S/C37H43N3O6S/c1-37(2,3)46-36(45)38-17-16-30(26-11-7-10-25(18-26)24-8-5-4-6-9-24)31(21-38)35(44)40(27-12-13-27)28-14-15-33-32(19-28)39(22-34(42)43)20-29(23-41)47-33/h4-11,14-15,18-19,23,27,29-31,34,42-43H,12-13,16-17,20-22H2,1-3H3/t29?,30-,31?/m1/s1. The van der Waals surface area contributed by atoms with Crippen LogP contribution in [-0.2, 0) is 14.3 Å². The summed E-state index contributed by atoms with van der Waals surface area (Å²) in [6.45, 7) is 6.54. The van der Waals surface area contributed by atoms with Gasteiger partial charge in [-0.1, -0.05) is 54.6 Å². The second kappa shape index (κ2) is 13.7. The average molecular weight is 658 g/mol. The number of likely N-dealkylation sites (tertiary alicyclic amines) is 1. The van der Waals surface area contributed by atoms with Crippen LogP contribution in [0.15, 0.2) is 77.7 Å². The SMILES string of the molecule is CC(C)(C)OC(=O)N1CC[C@H](c2cccc(-c3ccccc3)c2)C(C(=O)N(c2ccc3c(c2)N(CC(O)O)CC(C=O)S3)C2CC2)C1. The van der Waals surface area contributed by atoms with Gasteiger partial charge in [0.1, 0.15) is 11.9 Å². The highest BCUT2D eigenvalue weighted by atomic mass is 32.2. The van der Waals surface area contributed by atoms with E-state index in [1.807, 2.05) is 68.1 Å². The van der Waals surface area contributed by atoms with Crippen molar-refractivity contribution in [3.05, 3.63) is 78.4 Å². The summed E-state index contributed by atoms with van der Waals surface area (Å²) in [6.07, 6.45) is 1.25. The zero-order valence-electron chi connectivity index (χ0n) is 27.1. The van der Waals surface area contributed by atoms with Gasteiger partial charge in [0.25, 0.3) is 0 Å². The third kappa shape index (κ3) is 7.66. The molecule has 47 heavy (non-hydrogen) atoms. The van der Waals surface area contributed by atoms with Gasteiger partial charge in [-0.2, -0.15) is 0 Å². The quantitative estimate of drug-likeness (QED) is 0.235. The van der Waals surface area contributed by atoms with E-state index in [1.54, 1.807) is 9.80 Å². The van der Waals surface area contributed by atoms with Crippen molar-refractivity contribution in [2.75, 3.05) is 36.0 Å². The van der Waals surface area contributed by atoms with Crippen molar-refractivity contribution in [1.29, 1.82) is 0 Å². The van der Waals surface area contributed by atoms with Crippen molar-refractivity contribution in [3.8, 4) is 11.1 Å². The van der Waals surface area contributed by atoms with Crippen molar-refractivity contribution < 1.29 is 29.3 Å². The van der Waals surface area contributed by atoms with Gasteiger partial charge in [-0.3, -0.25) is 4.79 Å². The Morgan fingerprint density at radius 2 is 1.72 bits per heavy atom. The Balaban J connectivity index is 1.36. The number of carbonyl (C=O) groups is 3. The molecule has 6 rings (SSSR count). The summed E-state index contributed by atoms with van der Waals surface area (Å²) in [5.41, 5.74) is 4.08. The van der Waals surface area contributed by atoms with Gasteiger partial charge >= 0.3 is 6.09 Å². The lowest BCUT2D eigenvalue weighted by Gasteiger charge is -2.41. The molecule has 248 valence electrons. The number of nitrogens with zero attached hydrogens (tertiary/aromatic N) is 3. The summed E-state index contributed by atoms with van der Waals surface area (Å²) in [6, 6.07) is 24.3. The summed E-state index contributed by atoms with van der Waals surface area (Å²) in [7, 11) is 0. The minimum absolute atomic E-state index is 0.0320. The molecule has 3 aromatic carbocycles.